The number of aryl methyl sites for hydroxylation is 3. The highest BCUT2D eigenvalue weighted by Crippen LogP contribution is 2.46. The highest BCUT2D eigenvalue weighted by molar-refractivity contribution is 6.51. The van der Waals surface area contributed by atoms with Crippen molar-refractivity contribution in [2.24, 2.45) is 0 Å². The molecule has 1 aliphatic heterocycles. The van der Waals surface area contributed by atoms with E-state index in [1.54, 1.807) is 38.1 Å². The molecule has 4 rings (SSSR count). The first-order chi connectivity index (χ1) is 15.7. The lowest BCUT2D eigenvalue weighted by Crippen LogP contribution is -2.30. The zero-order valence-corrected chi connectivity index (χ0v) is 19.3. The van der Waals surface area contributed by atoms with Crippen LogP contribution in [0.4, 0.5) is 5.82 Å². The zero-order chi connectivity index (χ0) is 24.0. The number of anilines is 1. The third kappa shape index (κ3) is 3.45. The van der Waals surface area contributed by atoms with E-state index in [0.717, 1.165) is 11.3 Å². The summed E-state index contributed by atoms with van der Waals surface area (Å²) in [4.78, 5) is 31.0. The van der Waals surface area contributed by atoms with Crippen LogP contribution in [0.3, 0.4) is 0 Å². The Hall–Kier alpha value is -4.01. The number of hydrogen-bond donors (Lipinski definition) is 2. The van der Waals surface area contributed by atoms with Crippen LogP contribution < -0.4 is 14.4 Å². The Balaban J connectivity index is 2.05. The van der Waals surface area contributed by atoms with Crippen LogP contribution in [-0.4, -0.2) is 41.2 Å². The van der Waals surface area contributed by atoms with E-state index in [2.05, 4.69) is 10.1 Å². The van der Waals surface area contributed by atoms with Gasteiger partial charge in [-0.25, -0.2) is 0 Å². The maximum absolute atomic E-state index is 13.3. The molecule has 9 nitrogen and oxygen atoms in total. The predicted octanol–water partition coefficient (Wildman–Crippen LogP) is 3.88. The average molecular weight is 451 g/mol. The Labute approximate surface area is 190 Å². The molecule has 172 valence electrons. The van der Waals surface area contributed by atoms with Crippen LogP contribution >= 0.6 is 0 Å². The van der Waals surface area contributed by atoms with E-state index in [9.17, 15) is 14.7 Å². The number of carbonyl (C=O) groups excluding carboxylic acids is 2. The van der Waals surface area contributed by atoms with E-state index in [1.165, 1.54) is 19.1 Å². The summed E-state index contributed by atoms with van der Waals surface area (Å²) in [6.07, 6.45) is 0. The molecule has 2 aromatic heterocycles. The molecular weight excluding hydrogens is 426 g/mol. The van der Waals surface area contributed by atoms with Crippen LogP contribution in [0, 0.1) is 27.7 Å². The normalized spacial score (nSPS) is 17.6. The molecule has 1 amide bonds. The van der Waals surface area contributed by atoms with Gasteiger partial charge in [-0.05, 0) is 51.5 Å². The van der Waals surface area contributed by atoms with Crippen molar-refractivity contribution in [2.45, 2.75) is 33.7 Å². The highest BCUT2D eigenvalue weighted by Gasteiger charge is 2.49. The number of aromatic amines is 1. The molecule has 1 fully saturated rings. The molecule has 1 saturated heterocycles. The van der Waals surface area contributed by atoms with Gasteiger partial charge in [0.25, 0.3) is 5.78 Å². The van der Waals surface area contributed by atoms with Crippen LogP contribution in [0.5, 0.6) is 11.5 Å². The molecule has 3 aromatic rings. The number of H-pyrrole nitrogens is 1. The fourth-order valence-corrected chi connectivity index (χ4v) is 4.28. The molecule has 0 saturated carbocycles. The van der Waals surface area contributed by atoms with Gasteiger partial charge in [0.05, 0.1) is 19.8 Å². The van der Waals surface area contributed by atoms with Crippen molar-refractivity contribution in [3.63, 3.8) is 0 Å². The number of nitrogens with zero attached hydrogens (tertiary/aromatic N) is 2. The van der Waals surface area contributed by atoms with Gasteiger partial charge in [-0.2, -0.15) is 0 Å². The molecule has 1 unspecified atom stereocenters. The summed E-state index contributed by atoms with van der Waals surface area (Å²) < 4.78 is 16.1. The van der Waals surface area contributed by atoms with Crippen molar-refractivity contribution in [2.75, 3.05) is 19.1 Å². The summed E-state index contributed by atoms with van der Waals surface area (Å²) in [5.74, 6) is -0.401. The summed E-state index contributed by atoms with van der Waals surface area (Å²) in [5.41, 5.74) is 3.19. The van der Waals surface area contributed by atoms with E-state index < -0.39 is 17.7 Å². The van der Waals surface area contributed by atoms with Crippen molar-refractivity contribution in [1.29, 1.82) is 0 Å². The quantitative estimate of drug-likeness (QED) is 0.343. The number of ketones is 1. The fourth-order valence-electron chi connectivity index (χ4n) is 4.28. The molecule has 9 heteroatoms. The number of Topliss-reactive ketones (excluding diaryl/α,β-unsaturated/α-hetero) is 1. The third-order valence-electron chi connectivity index (χ3n) is 5.96. The van der Waals surface area contributed by atoms with Crippen LogP contribution in [0.15, 0.2) is 34.4 Å². The van der Waals surface area contributed by atoms with Crippen molar-refractivity contribution in [3.05, 3.63) is 63.7 Å². The number of carbonyl (C=O) groups is 2. The Morgan fingerprint density at radius 2 is 1.82 bits per heavy atom. The topological polar surface area (TPSA) is 118 Å². The molecule has 1 atom stereocenters. The van der Waals surface area contributed by atoms with Crippen molar-refractivity contribution in [3.8, 4) is 11.5 Å². The number of methoxy groups -OCH3 is 2. The van der Waals surface area contributed by atoms with E-state index >= 15 is 0 Å². The van der Waals surface area contributed by atoms with Gasteiger partial charge < -0.3 is 24.1 Å². The molecule has 33 heavy (non-hydrogen) atoms. The number of ether oxygens (including phenoxy) is 2. The van der Waals surface area contributed by atoms with Gasteiger partial charge in [0.15, 0.2) is 5.82 Å². The molecule has 0 spiro atoms. The minimum atomic E-state index is -1.02. The van der Waals surface area contributed by atoms with Crippen LogP contribution in [0.25, 0.3) is 5.76 Å². The highest BCUT2D eigenvalue weighted by atomic mass is 16.5. The van der Waals surface area contributed by atoms with Crippen LogP contribution in [0.2, 0.25) is 0 Å². The molecule has 3 heterocycles. The largest absolute Gasteiger partial charge is 0.507 e. The Kier molecular flexibility index (Phi) is 5.49. The van der Waals surface area contributed by atoms with E-state index in [1.807, 2.05) is 13.8 Å². The van der Waals surface area contributed by atoms with Gasteiger partial charge in [0.2, 0.25) is 0 Å². The summed E-state index contributed by atoms with van der Waals surface area (Å²) in [6.45, 7) is 7.20. The molecule has 0 radical (unpaired) electrons. The number of amides is 1. The van der Waals surface area contributed by atoms with E-state index in [-0.39, 0.29) is 17.2 Å². The molecule has 1 aromatic carbocycles. The molecule has 0 bridgehead atoms. The number of aromatic nitrogens is 2. The van der Waals surface area contributed by atoms with Gasteiger partial charge in [-0.15, -0.1) is 0 Å². The minimum Gasteiger partial charge on any atom is -0.507 e. The van der Waals surface area contributed by atoms with E-state index in [0.29, 0.717) is 34.1 Å². The van der Waals surface area contributed by atoms with Crippen molar-refractivity contribution >= 4 is 23.3 Å². The predicted molar refractivity (Wildman–Crippen MR) is 121 cm³/mol. The first-order valence-corrected chi connectivity index (χ1v) is 10.3. The lowest BCUT2D eigenvalue weighted by Gasteiger charge is -2.25. The molecule has 2 N–H and O–H groups in total. The fraction of sp³-hybridized carbons (Fsp3) is 0.292. The Morgan fingerprint density at radius 3 is 2.36 bits per heavy atom. The monoisotopic (exact) mass is 451 g/mol. The summed E-state index contributed by atoms with van der Waals surface area (Å²) in [5, 5.41) is 15.4. The first kappa shape index (κ1) is 22.2. The third-order valence-corrected chi connectivity index (χ3v) is 5.96. The van der Waals surface area contributed by atoms with Crippen molar-refractivity contribution < 1.29 is 28.7 Å². The van der Waals surface area contributed by atoms with Gasteiger partial charge >= 0.3 is 5.91 Å². The number of benzene rings is 1. The van der Waals surface area contributed by atoms with Gasteiger partial charge in [0, 0.05) is 28.6 Å². The SMILES string of the molecule is COc1ccc(OC)c(C2/C(=C(\O)c3c(C)[nH]c(C)c3C)C(=O)C(=O)N2c2cc(C)on2)c1. The summed E-state index contributed by atoms with van der Waals surface area (Å²) >= 11 is 0. The molecular formula is C24H25N3O6. The number of hydrogen-bond acceptors (Lipinski definition) is 7. The second-order valence-corrected chi connectivity index (χ2v) is 7.95. The molecule has 1 aliphatic rings. The van der Waals surface area contributed by atoms with Gasteiger partial charge in [-0.1, -0.05) is 5.16 Å². The smallest absolute Gasteiger partial charge is 0.301 e. The second-order valence-electron chi connectivity index (χ2n) is 7.95. The number of rotatable bonds is 5. The molecule has 0 aliphatic carbocycles. The Bertz CT molecular complexity index is 1300. The van der Waals surface area contributed by atoms with Gasteiger partial charge in [0.1, 0.15) is 29.1 Å². The Morgan fingerprint density at radius 1 is 1.09 bits per heavy atom. The van der Waals surface area contributed by atoms with Crippen molar-refractivity contribution in [1.82, 2.24) is 10.1 Å². The number of nitrogens with one attached hydrogen (secondary N) is 1. The number of aliphatic hydroxyl groups is 1. The minimum absolute atomic E-state index is 0.0718. The van der Waals surface area contributed by atoms with Gasteiger partial charge in [-0.3, -0.25) is 14.5 Å². The van der Waals surface area contributed by atoms with Crippen LogP contribution in [0.1, 0.15) is 39.9 Å². The standard InChI is InChI=1S/C24H25N3O6/c1-11-9-18(26-33-11)27-21(16-10-15(31-5)7-8-17(16)32-6)20(23(29)24(27)30)22(28)19-12(2)13(3)25-14(19)4/h7-10,21,25,28H,1-6H3/b22-20+. The second kappa shape index (κ2) is 8.16. The maximum atomic E-state index is 13.3. The maximum Gasteiger partial charge on any atom is 0.301 e. The zero-order valence-electron chi connectivity index (χ0n) is 19.3. The lowest BCUT2D eigenvalue weighted by atomic mass is 9.93. The lowest BCUT2D eigenvalue weighted by molar-refractivity contribution is -0.132. The first-order valence-electron chi connectivity index (χ1n) is 10.3. The van der Waals surface area contributed by atoms with E-state index in [4.69, 9.17) is 14.0 Å². The average Bonchev–Trinajstić information content (AvgIpc) is 3.41. The van der Waals surface area contributed by atoms with Crippen LogP contribution in [-0.2, 0) is 9.59 Å². The number of aliphatic hydroxyl groups excluding tert-OH is 1. The summed E-state index contributed by atoms with van der Waals surface area (Å²) in [6, 6.07) is 5.60. The summed E-state index contributed by atoms with van der Waals surface area (Å²) in [7, 11) is 3.00.